The number of benzene rings is 1. The Morgan fingerprint density at radius 1 is 1.47 bits per heavy atom. The van der Waals surface area contributed by atoms with Crippen molar-refractivity contribution in [2.75, 3.05) is 12.3 Å². The van der Waals surface area contributed by atoms with E-state index in [4.69, 9.17) is 5.26 Å². The Kier molecular flexibility index (Phi) is 3.13. The monoisotopic (exact) mass is 254 g/mol. The molecule has 0 aromatic heterocycles. The first-order valence-corrected chi connectivity index (χ1v) is 6.81. The van der Waals surface area contributed by atoms with Gasteiger partial charge in [-0.05, 0) is 12.5 Å². The van der Waals surface area contributed by atoms with Gasteiger partial charge in [0.15, 0.2) is 0 Å². The summed E-state index contributed by atoms with van der Waals surface area (Å²) >= 11 is 0. The second-order valence-corrected chi connectivity index (χ2v) is 5.98. The van der Waals surface area contributed by atoms with Crippen LogP contribution in [0.4, 0.5) is 4.39 Å². The van der Waals surface area contributed by atoms with Crippen LogP contribution in [0.1, 0.15) is 17.5 Å². The molecule has 0 radical (unpaired) electrons. The Balaban J connectivity index is 2.29. The summed E-state index contributed by atoms with van der Waals surface area (Å²) in [7, 11) is -3.24. The number of hydrogen-bond donors (Lipinski definition) is 0. The van der Waals surface area contributed by atoms with Crippen LogP contribution in [-0.2, 0) is 16.6 Å². The molecule has 0 amide bonds. The van der Waals surface area contributed by atoms with Crippen LogP contribution < -0.4 is 0 Å². The van der Waals surface area contributed by atoms with Gasteiger partial charge in [-0.15, -0.1) is 0 Å². The van der Waals surface area contributed by atoms with E-state index < -0.39 is 15.8 Å². The number of hydrogen-bond acceptors (Lipinski definition) is 3. The summed E-state index contributed by atoms with van der Waals surface area (Å²) in [5.74, 6) is -0.510. The number of halogens is 1. The van der Waals surface area contributed by atoms with Crippen molar-refractivity contribution in [3.63, 3.8) is 0 Å². The lowest BCUT2D eigenvalue weighted by Gasteiger charge is -2.14. The zero-order chi connectivity index (χ0) is 12.5. The van der Waals surface area contributed by atoms with Gasteiger partial charge in [0.25, 0.3) is 0 Å². The second-order valence-electron chi connectivity index (χ2n) is 3.89. The summed E-state index contributed by atoms with van der Waals surface area (Å²) in [4.78, 5) is 0. The normalized spacial score (nSPS) is 19.1. The van der Waals surface area contributed by atoms with E-state index >= 15 is 0 Å². The molecule has 1 heterocycles. The number of nitrogens with zero attached hydrogens (tertiary/aromatic N) is 2. The van der Waals surface area contributed by atoms with Crippen molar-refractivity contribution in [3.8, 4) is 6.07 Å². The van der Waals surface area contributed by atoms with E-state index in [1.165, 1.54) is 16.4 Å². The molecule has 1 aromatic carbocycles. The average Bonchev–Trinajstić information content (AvgIpc) is 2.61. The van der Waals surface area contributed by atoms with Crippen molar-refractivity contribution in [2.45, 2.75) is 13.0 Å². The predicted molar refractivity (Wildman–Crippen MR) is 59.9 cm³/mol. The third kappa shape index (κ3) is 2.30. The zero-order valence-corrected chi connectivity index (χ0v) is 9.87. The molecule has 1 aromatic rings. The van der Waals surface area contributed by atoms with E-state index in [2.05, 4.69) is 0 Å². The first-order chi connectivity index (χ1) is 8.04. The van der Waals surface area contributed by atoms with E-state index in [1.54, 1.807) is 12.1 Å². The molecule has 0 aliphatic carbocycles. The molecule has 0 saturated carbocycles. The van der Waals surface area contributed by atoms with E-state index in [9.17, 15) is 12.8 Å². The molecule has 90 valence electrons. The quantitative estimate of drug-likeness (QED) is 0.797. The smallest absolute Gasteiger partial charge is 0.212 e. The third-order valence-corrected chi connectivity index (χ3v) is 4.65. The fourth-order valence-electron chi connectivity index (χ4n) is 1.85. The number of nitriles is 1. The standard InChI is InChI=1S/C11H11FN2O2S/c12-11-9(7-13)3-1-4-10(11)8-14-5-2-6-17(14,15)16/h1,3-4H,2,5-6,8H2. The van der Waals surface area contributed by atoms with Gasteiger partial charge in [0.2, 0.25) is 10.0 Å². The molecule has 17 heavy (non-hydrogen) atoms. The van der Waals surface area contributed by atoms with Crippen molar-refractivity contribution in [2.24, 2.45) is 0 Å². The van der Waals surface area contributed by atoms with Crippen LogP contribution >= 0.6 is 0 Å². The van der Waals surface area contributed by atoms with E-state index in [1.807, 2.05) is 0 Å². The van der Waals surface area contributed by atoms with Gasteiger partial charge in [0.1, 0.15) is 11.9 Å². The Morgan fingerprint density at radius 2 is 2.24 bits per heavy atom. The highest BCUT2D eigenvalue weighted by Gasteiger charge is 2.28. The minimum atomic E-state index is -3.24. The van der Waals surface area contributed by atoms with Crippen LogP contribution in [0.3, 0.4) is 0 Å². The number of sulfonamides is 1. The maximum Gasteiger partial charge on any atom is 0.214 e. The summed E-state index contributed by atoms with van der Waals surface area (Å²) in [5.41, 5.74) is 0.189. The average molecular weight is 254 g/mol. The van der Waals surface area contributed by atoms with Crippen molar-refractivity contribution >= 4 is 10.0 Å². The molecule has 0 spiro atoms. The Labute approximate surface area is 99.3 Å². The van der Waals surface area contributed by atoms with Crippen LogP contribution in [-0.4, -0.2) is 25.0 Å². The zero-order valence-electron chi connectivity index (χ0n) is 9.06. The molecular formula is C11H11FN2O2S. The van der Waals surface area contributed by atoms with Gasteiger partial charge < -0.3 is 0 Å². The lowest BCUT2D eigenvalue weighted by Crippen LogP contribution is -2.25. The van der Waals surface area contributed by atoms with E-state index in [0.29, 0.717) is 13.0 Å². The van der Waals surface area contributed by atoms with Crippen LogP contribution in [0.2, 0.25) is 0 Å². The number of rotatable bonds is 2. The van der Waals surface area contributed by atoms with Crippen molar-refractivity contribution in [3.05, 3.63) is 35.1 Å². The predicted octanol–water partition coefficient (Wildman–Crippen LogP) is 1.23. The minimum Gasteiger partial charge on any atom is -0.212 e. The summed E-state index contributed by atoms with van der Waals surface area (Å²) in [6, 6.07) is 6.17. The molecule has 0 N–H and O–H groups in total. The van der Waals surface area contributed by atoms with Gasteiger partial charge in [-0.1, -0.05) is 12.1 Å². The molecular weight excluding hydrogens is 243 g/mol. The lowest BCUT2D eigenvalue weighted by molar-refractivity contribution is 0.430. The molecule has 1 saturated heterocycles. The maximum absolute atomic E-state index is 13.7. The van der Waals surface area contributed by atoms with E-state index in [0.717, 1.165) is 0 Å². The molecule has 4 nitrogen and oxygen atoms in total. The van der Waals surface area contributed by atoms with Gasteiger partial charge in [0, 0.05) is 18.7 Å². The summed E-state index contributed by atoms with van der Waals surface area (Å²) in [6.07, 6.45) is 0.571. The summed E-state index contributed by atoms with van der Waals surface area (Å²) in [5, 5.41) is 8.68. The highest BCUT2D eigenvalue weighted by atomic mass is 32.2. The molecule has 6 heteroatoms. The summed E-state index contributed by atoms with van der Waals surface area (Å²) in [6.45, 7) is 0.419. The topological polar surface area (TPSA) is 61.2 Å². The van der Waals surface area contributed by atoms with Crippen LogP contribution in [0.15, 0.2) is 18.2 Å². The van der Waals surface area contributed by atoms with Crippen molar-refractivity contribution in [1.82, 2.24) is 4.31 Å². The van der Waals surface area contributed by atoms with Crippen molar-refractivity contribution < 1.29 is 12.8 Å². The van der Waals surface area contributed by atoms with Gasteiger partial charge in [-0.25, -0.2) is 12.8 Å². The largest absolute Gasteiger partial charge is 0.214 e. The van der Waals surface area contributed by atoms with Gasteiger partial charge in [-0.3, -0.25) is 0 Å². The molecule has 1 fully saturated rings. The van der Waals surface area contributed by atoms with Gasteiger partial charge in [0.05, 0.1) is 11.3 Å². The molecule has 0 atom stereocenters. The molecule has 0 bridgehead atoms. The fraction of sp³-hybridized carbons (Fsp3) is 0.364. The van der Waals surface area contributed by atoms with Crippen LogP contribution in [0.25, 0.3) is 0 Å². The molecule has 2 rings (SSSR count). The Hall–Kier alpha value is -1.45. The first-order valence-electron chi connectivity index (χ1n) is 5.20. The van der Waals surface area contributed by atoms with Gasteiger partial charge >= 0.3 is 0 Å². The van der Waals surface area contributed by atoms with Gasteiger partial charge in [-0.2, -0.15) is 9.57 Å². The molecule has 1 aliphatic heterocycles. The Bertz CT molecular complexity index is 578. The Morgan fingerprint density at radius 3 is 2.82 bits per heavy atom. The van der Waals surface area contributed by atoms with Crippen LogP contribution in [0.5, 0.6) is 0 Å². The SMILES string of the molecule is N#Cc1cccc(CN2CCCS2(=O)=O)c1F. The highest BCUT2D eigenvalue weighted by Crippen LogP contribution is 2.20. The van der Waals surface area contributed by atoms with Crippen LogP contribution in [0, 0.1) is 17.1 Å². The maximum atomic E-state index is 13.7. The fourth-order valence-corrected chi connectivity index (χ4v) is 3.34. The molecule has 0 unspecified atom stereocenters. The van der Waals surface area contributed by atoms with E-state index in [-0.39, 0.29) is 23.4 Å². The molecule has 1 aliphatic rings. The lowest BCUT2D eigenvalue weighted by atomic mass is 10.1. The summed E-state index contributed by atoms with van der Waals surface area (Å²) < 4.78 is 38.1. The first kappa shape index (κ1) is 12.0. The minimum absolute atomic E-state index is 0.00366. The third-order valence-electron chi connectivity index (χ3n) is 2.75. The highest BCUT2D eigenvalue weighted by molar-refractivity contribution is 7.89. The second kappa shape index (κ2) is 4.43. The van der Waals surface area contributed by atoms with Crippen molar-refractivity contribution in [1.29, 1.82) is 5.26 Å².